The summed E-state index contributed by atoms with van der Waals surface area (Å²) in [7, 11) is 0. The van der Waals surface area contributed by atoms with Crippen LogP contribution in [-0.4, -0.2) is 29.7 Å². The number of aryl methyl sites for hydroxylation is 2. The lowest BCUT2D eigenvalue weighted by Gasteiger charge is -2.15. The molecule has 0 amide bonds. The van der Waals surface area contributed by atoms with Crippen LogP contribution < -0.4 is 9.47 Å². The predicted octanol–water partition coefficient (Wildman–Crippen LogP) is 7.66. The molecule has 1 unspecified atom stereocenters. The second kappa shape index (κ2) is 11.7. The minimum Gasteiger partial charge on any atom is -0.494 e. The molecule has 1 N–H and O–H groups in total. The molecule has 188 valence electrons. The third-order valence-corrected chi connectivity index (χ3v) is 7.35. The number of thioether (sulfide) groups is 1. The van der Waals surface area contributed by atoms with Crippen LogP contribution in [0.25, 0.3) is 16.7 Å². The van der Waals surface area contributed by atoms with E-state index in [1.165, 1.54) is 22.3 Å². The van der Waals surface area contributed by atoms with Gasteiger partial charge in [0.2, 0.25) is 0 Å². The summed E-state index contributed by atoms with van der Waals surface area (Å²) in [6.07, 6.45) is 3.98. The first kappa shape index (κ1) is 25.9. The predicted molar refractivity (Wildman–Crippen MR) is 149 cm³/mol. The van der Waals surface area contributed by atoms with Crippen LogP contribution >= 0.6 is 11.8 Å². The molecule has 0 fully saturated rings. The maximum atomic E-state index is 11.2. The van der Waals surface area contributed by atoms with Crippen LogP contribution in [0.1, 0.15) is 53.0 Å². The van der Waals surface area contributed by atoms with Crippen molar-refractivity contribution in [3.63, 3.8) is 0 Å². The molecule has 36 heavy (non-hydrogen) atoms. The zero-order chi connectivity index (χ0) is 25.7. The van der Waals surface area contributed by atoms with Gasteiger partial charge in [-0.25, -0.2) is 0 Å². The molecule has 0 radical (unpaired) electrons. The van der Waals surface area contributed by atoms with Gasteiger partial charge in [-0.15, -0.1) is 0 Å². The standard InChI is InChI=1S/C31H34O4S/c1-20-13-25(17-30(32)33)28-10-9-26(18-29(20)28)35-19-23-7-5-8-24(16-23)31-21(2)14-27(15-22(31)3)34-11-6-12-36-4/h5,7-10,14-16,18,25H,1,6,11-13,17,19H2,2-4H3,(H,32,33). The van der Waals surface area contributed by atoms with Gasteiger partial charge >= 0.3 is 5.97 Å². The van der Waals surface area contributed by atoms with E-state index < -0.39 is 5.97 Å². The molecule has 0 saturated carbocycles. The fraction of sp³-hybridized carbons (Fsp3) is 0.323. The van der Waals surface area contributed by atoms with Crippen molar-refractivity contribution in [3.05, 3.63) is 89.0 Å². The van der Waals surface area contributed by atoms with Gasteiger partial charge in [0.15, 0.2) is 0 Å². The first-order chi connectivity index (χ1) is 17.4. The minimum absolute atomic E-state index is 0.00524. The normalized spacial score (nSPS) is 14.5. The van der Waals surface area contributed by atoms with Crippen LogP contribution in [0.2, 0.25) is 0 Å². The van der Waals surface area contributed by atoms with Crippen LogP contribution in [0, 0.1) is 13.8 Å². The number of carbonyl (C=O) groups is 1. The van der Waals surface area contributed by atoms with Gasteiger partial charge < -0.3 is 14.6 Å². The highest BCUT2D eigenvalue weighted by atomic mass is 32.2. The number of carboxylic acid groups (broad SMARTS) is 1. The Hall–Kier alpha value is -3.18. The van der Waals surface area contributed by atoms with Crippen LogP contribution in [0.4, 0.5) is 0 Å². The van der Waals surface area contributed by atoms with E-state index in [2.05, 4.69) is 63.1 Å². The molecule has 0 bridgehead atoms. The van der Waals surface area contributed by atoms with Gasteiger partial charge in [-0.2, -0.15) is 11.8 Å². The molecule has 0 aromatic heterocycles. The molecule has 5 heteroatoms. The Bertz CT molecular complexity index is 1240. The summed E-state index contributed by atoms with van der Waals surface area (Å²) < 4.78 is 12.1. The number of ether oxygens (including phenoxy) is 2. The topological polar surface area (TPSA) is 55.8 Å². The van der Waals surface area contributed by atoms with Gasteiger partial charge in [-0.3, -0.25) is 4.79 Å². The van der Waals surface area contributed by atoms with E-state index in [1.807, 2.05) is 30.0 Å². The smallest absolute Gasteiger partial charge is 0.303 e. The Balaban J connectivity index is 1.46. The number of benzene rings is 3. The zero-order valence-corrected chi connectivity index (χ0v) is 22.1. The molecular formula is C31H34O4S. The lowest BCUT2D eigenvalue weighted by molar-refractivity contribution is -0.137. The number of hydrogen-bond acceptors (Lipinski definition) is 4. The number of hydrogen-bond donors (Lipinski definition) is 1. The maximum Gasteiger partial charge on any atom is 0.303 e. The first-order valence-corrected chi connectivity index (χ1v) is 13.7. The average molecular weight is 503 g/mol. The molecule has 4 rings (SSSR count). The monoisotopic (exact) mass is 502 g/mol. The molecular weight excluding hydrogens is 468 g/mol. The van der Waals surface area contributed by atoms with Crippen molar-refractivity contribution in [1.82, 2.24) is 0 Å². The fourth-order valence-corrected chi connectivity index (χ4v) is 5.44. The van der Waals surface area contributed by atoms with E-state index in [0.717, 1.165) is 52.5 Å². The molecule has 3 aromatic carbocycles. The zero-order valence-electron chi connectivity index (χ0n) is 21.3. The molecule has 0 spiro atoms. The van der Waals surface area contributed by atoms with E-state index in [4.69, 9.17) is 9.47 Å². The summed E-state index contributed by atoms with van der Waals surface area (Å²) >= 11 is 1.84. The van der Waals surface area contributed by atoms with Gasteiger partial charge in [0.1, 0.15) is 18.1 Å². The van der Waals surface area contributed by atoms with Gasteiger partial charge in [-0.1, -0.05) is 30.8 Å². The van der Waals surface area contributed by atoms with Crippen LogP contribution in [0.5, 0.6) is 11.5 Å². The van der Waals surface area contributed by atoms with Crippen molar-refractivity contribution < 1.29 is 19.4 Å². The Morgan fingerprint density at radius 2 is 1.83 bits per heavy atom. The van der Waals surface area contributed by atoms with Gasteiger partial charge in [0, 0.05) is 0 Å². The van der Waals surface area contributed by atoms with Gasteiger partial charge in [-0.05, 0) is 119 Å². The Kier molecular flexibility index (Phi) is 8.42. The third-order valence-electron chi connectivity index (χ3n) is 6.65. The van der Waals surface area contributed by atoms with Crippen LogP contribution in [0.3, 0.4) is 0 Å². The van der Waals surface area contributed by atoms with E-state index >= 15 is 0 Å². The van der Waals surface area contributed by atoms with Gasteiger partial charge in [0.05, 0.1) is 13.0 Å². The highest BCUT2D eigenvalue weighted by molar-refractivity contribution is 7.98. The lowest BCUT2D eigenvalue weighted by atomic mass is 9.94. The molecule has 0 aliphatic heterocycles. The number of aliphatic carboxylic acids is 1. The fourth-order valence-electron chi connectivity index (χ4n) is 5.04. The average Bonchev–Trinajstić information content (AvgIpc) is 3.14. The van der Waals surface area contributed by atoms with E-state index in [-0.39, 0.29) is 12.3 Å². The summed E-state index contributed by atoms with van der Waals surface area (Å²) in [5, 5.41) is 9.19. The van der Waals surface area contributed by atoms with E-state index in [0.29, 0.717) is 13.0 Å². The number of fused-ring (bicyclic) bond motifs is 1. The van der Waals surface area contributed by atoms with E-state index in [9.17, 15) is 9.90 Å². The van der Waals surface area contributed by atoms with Crippen molar-refractivity contribution in [2.45, 2.75) is 45.6 Å². The first-order valence-electron chi connectivity index (χ1n) is 12.3. The molecule has 1 atom stereocenters. The molecule has 3 aromatic rings. The maximum absolute atomic E-state index is 11.2. The molecule has 4 nitrogen and oxygen atoms in total. The van der Waals surface area contributed by atoms with Crippen molar-refractivity contribution >= 4 is 23.3 Å². The summed E-state index contributed by atoms with van der Waals surface area (Å²) in [4.78, 5) is 11.2. The Labute approximate surface area is 218 Å². The summed E-state index contributed by atoms with van der Waals surface area (Å²) in [6.45, 7) is 9.60. The van der Waals surface area contributed by atoms with Crippen molar-refractivity contribution in [2.75, 3.05) is 18.6 Å². The van der Waals surface area contributed by atoms with Crippen molar-refractivity contribution in [3.8, 4) is 22.6 Å². The second-order valence-corrected chi connectivity index (χ2v) is 10.5. The second-order valence-electron chi connectivity index (χ2n) is 9.47. The minimum atomic E-state index is -0.778. The number of allylic oxidation sites excluding steroid dienone is 1. The number of carboxylic acids is 1. The van der Waals surface area contributed by atoms with Crippen molar-refractivity contribution in [2.24, 2.45) is 0 Å². The highest BCUT2D eigenvalue weighted by Crippen LogP contribution is 2.43. The largest absolute Gasteiger partial charge is 0.494 e. The van der Waals surface area contributed by atoms with Crippen LogP contribution in [-0.2, 0) is 11.4 Å². The van der Waals surface area contributed by atoms with E-state index in [1.54, 1.807) is 0 Å². The molecule has 0 saturated heterocycles. The van der Waals surface area contributed by atoms with Crippen LogP contribution in [0.15, 0.2) is 61.2 Å². The summed E-state index contributed by atoms with van der Waals surface area (Å²) in [6, 6.07) is 18.6. The third kappa shape index (κ3) is 6.14. The Morgan fingerprint density at radius 3 is 2.56 bits per heavy atom. The van der Waals surface area contributed by atoms with Gasteiger partial charge in [0.25, 0.3) is 0 Å². The molecule has 1 aliphatic carbocycles. The molecule has 0 heterocycles. The highest BCUT2D eigenvalue weighted by Gasteiger charge is 2.27. The lowest BCUT2D eigenvalue weighted by Crippen LogP contribution is -2.03. The summed E-state index contributed by atoms with van der Waals surface area (Å²) in [5.41, 5.74) is 8.93. The SMILES string of the molecule is C=C1CC(CC(=O)O)c2ccc(OCc3cccc(-c4c(C)cc(OCCCSC)cc4C)c3)cc21. The quantitative estimate of drug-likeness (QED) is 0.273. The van der Waals surface area contributed by atoms with Crippen molar-refractivity contribution in [1.29, 1.82) is 0 Å². The molecule has 1 aliphatic rings. The summed E-state index contributed by atoms with van der Waals surface area (Å²) in [5.74, 6) is 2.02. The Morgan fingerprint density at radius 1 is 1.06 bits per heavy atom. The number of rotatable bonds is 11.